The molecule has 6 nitrogen and oxygen atoms in total. The Morgan fingerprint density at radius 1 is 1.07 bits per heavy atom. The lowest BCUT2D eigenvalue weighted by atomic mass is 10.1. The van der Waals surface area contributed by atoms with Crippen LogP contribution < -0.4 is 19.7 Å². The second kappa shape index (κ2) is 9.26. The number of benzene rings is 1. The molecule has 1 saturated heterocycles. The Hall–Kier alpha value is -2.76. The standard InChI is InChI=1S/C21H27N3O3/c1-26-18-7-5-16(13-19(18)27-2)6-8-21(25)23-15-17-9-10-22-20(14-17)24-11-3-4-12-24/h5,7,9-10,13-14H,3-4,6,8,11-12,15H2,1-2H3,(H,23,25). The second-order valence-electron chi connectivity index (χ2n) is 6.68. The molecule has 0 radical (unpaired) electrons. The summed E-state index contributed by atoms with van der Waals surface area (Å²) in [7, 11) is 3.22. The van der Waals surface area contributed by atoms with Crippen LogP contribution in [0.4, 0.5) is 5.82 Å². The number of nitrogens with zero attached hydrogens (tertiary/aromatic N) is 2. The van der Waals surface area contributed by atoms with Crippen LogP contribution in [0, 0.1) is 0 Å². The van der Waals surface area contributed by atoms with Crippen LogP contribution in [0.25, 0.3) is 0 Å². The molecule has 0 atom stereocenters. The van der Waals surface area contributed by atoms with Gasteiger partial charge in [0.05, 0.1) is 14.2 Å². The molecule has 144 valence electrons. The fourth-order valence-electron chi connectivity index (χ4n) is 3.27. The van der Waals surface area contributed by atoms with Crippen LogP contribution >= 0.6 is 0 Å². The predicted octanol–water partition coefficient (Wildman–Crippen LogP) is 2.95. The number of nitrogens with one attached hydrogen (secondary N) is 1. The van der Waals surface area contributed by atoms with E-state index >= 15 is 0 Å². The Morgan fingerprint density at radius 3 is 2.59 bits per heavy atom. The zero-order valence-electron chi connectivity index (χ0n) is 16.0. The predicted molar refractivity (Wildman–Crippen MR) is 105 cm³/mol. The van der Waals surface area contributed by atoms with Crippen molar-refractivity contribution in [3.63, 3.8) is 0 Å². The molecule has 1 aromatic carbocycles. The summed E-state index contributed by atoms with van der Waals surface area (Å²) in [6.45, 7) is 2.65. The summed E-state index contributed by atoms with van der Waals surface area (Å²) >= 11 is 0. The van der Waals surface area contributed by atoms with Crippen molar-refractivity contribution < 1.29 is 14.3 Å². The number of aryl methyl sites for hydroxylation is 1. The van der Waals surface area contributed by atoms with Gasteiger partial charge >= 0.3 is 0 Å². The molecule has 0 saturated carbocycles. The fraction of sp³-hybridized carbons (Fsp3) is 0.429. The Kier molecular flexibility index (Phi) is 6.52. The number of carbonyl (C=O) groups is 1. The first kappa shape index (κ1) is 19.0. The molecule has 2 aromatic rings. The van der Waals surface area contributed by atoms with Gasteiger partial charge in [-0.1, -0.05) is 6.07 Å². The summed E-state index contributed by atoms with van der Waals surface area (Å²) in [5, 5.41) is 3.00. The van der Waals surface area contributed by atoms with E-state index in [1.807, 2.05) is 30.5 Å². The van der Waals surface area contributed by atoms with Gasteiger partial charge in [0.1, 0.15) is 5.82 Å². The lowest BCUT2D eigenvalue weighted by Crippen LogP contribution is -2.24. The lowest BCUT2D eigenvalue weighted by molar-refractivity contribution is -0.121. The van der Waals surface area contributed by atoms with Crippen LogP contribution in [0.1, 0.15) is 30.4 Å². The monoisotopic (exact) mass is 369 g/mol. The van der Waals surface area contributed by atoms with E-state index in [0.29, 0.717) is 30.9 Å². The summed E-state index contributed by atoms with van der Waals surface area (Å²) in [6, 6.07) is 9.76. The molecule has 1 aliphatic rings. The van der Waals surface area contributed by atoms with Gasteiger partial charge < -0.3 is 19.7 Å². The summed E-state index contributed by atoms with van der Waals surface area (Å²) in [4.78, 5) is 19.0. The zero-order chi connectivity index (χ0) is 19.1. The normalized spacial score (nSPS) is 13.5. The van der Waals surface area contributed by atoms with Gasteiger partial charge in [-0.15, -0.1) is 0 Å². The van der Waals surface area contributed by atoms with Crippen LogP contribution in [0.15, 0.2) is 36.5 Å². The third kappa shape index (κ3) is 5.12. The molecule has 0 unspecified atom stereocenters. The maximum absolute atomic E-state index is 12.2. The van der Waals surface area contributed by atoms with Crippen LogP contribution in [0.2, 0.25) is 0 Å². The van der Waals surface area contributed by atoms with Gasteiger partial charge in [-0.25, -0.2) is 4.98 Å². The summed E-state index contributed by atoms with van der Waals surface area (Å²) < 4.78 is 10.5. The number of ether oxygens (including phenoxy) is 2. The number of anilines is 1. The van der Waals surface area contributed by atoms with E-state index in [0.717, 1.165) is 30.0 Å². The van der Waals surface area contributed by atoms with Gasteiger partial charge in [-0.2, -0.15) is 0 Å². The third-order valence-electron chi connectivity index (χ3n) is 4.82. The van der Waals surface area contributed by atoms with E-state index in [-0.39, 0.29) is 5.91 Å². The van der Waals surface area contributed by atoms with Gasteiger partial charge in [-0.05, 0) is 54.7 Å². The van der Waals surface area contributed by atoms with Crippen molar-refractivity contribution >= 4 is 11.7 Å². The average molecular weight is 369 g/mol. The Morgan fingerprint density at radius 2 is 1.85 bits per heavy atom. The number of carbonyl (C=O) groups excluding carboxylic acids is 1. The number of hydrogen-bond acceptors (Lipinski definition) is 5. The smallest absolute Gasteiger partial charge is 0.220 e. The number of pyridine rings is 1. The molecule has 27 heavy (non-hydrogen) atoms. The summed E-state index contributed by atoms with van der Waals surface area (Å²) in [6.07, 6.45) is 5.34. The first-order chi connectivity index (χ1) is 13.2. The summed E-state index contributed by atoms with van der Waals surface area (Å²) in [5.41, 5.74) is 2.12. The third-order valence-corrected chi connectivity index (χ3v) is 4.82. The van der Waals surface area contributed by atoms with E-state index in [2.05, 4.69) is 21.3 Å². The molecular formula is C21H27N3O3. The van der Waals surface area contributed by atoms with Crippen molar-refractivity contribution in [1.29, 1.82) is 0 Å². The number of hydrogen-bond donors (Lipinski definition) is 1. The minimum atomic E-state index is 0.0318. The van der Waals surface area contributed by atoms with Gasteiger partial charge in [-0.3, -0.25) is 4.79 Å². The highest BCUT2D eigenvalue weighted by molar-refractivity contribution is 5.76. The largest absolute Gasteiger partial charge is 0.493 e. The Bertz CT molecular complexity index is 773. The molecule has 1 fully saturated rings. The Labute approximate surface area is 160 Å². The number of amides is 1. The van der Waals surface area contributed by atoms with E-state index < -0.39 is 0 Å². The van der Waals surface area contributed by atoms with Gasteiger partial charge in [0.25, 0.3) is 0 Å². The van der Waals surface area contributed by atoms with Crippen molar-refractivity contribution in [2.24, 2.45) is 0 Å². The number of aromatic nitrogens is 1. The molecule has 3 rings (SSSR count). The van der Waals surface area contributed by atoms with Crippen LogP contribution in [0.5, 0.6) is 11.5 Å². The summed E-state index contributed by atoms with van der Waals surface area (Å²) in [5.74, 6) is 2.41. The molecular weight excluding hydrogens is 342 g/mol. The topological polar surface area (TPSA) is 63.7 Å². The minimum Gasteiger partial charge on any atom is -0.493 e. The van der Waals surface area contributed by atoms with Crippen molar-refractivity contribution in [3.8, 4) is 11.5 Å². The Balaban J connectivity index is 1.49. The molecule has 1 amide bonds. The first-order valence-electron chi connectivity index (χ1n) is 9.37. The molecule has 2 heterocycles. The quantitative estimate of drug-likeness (QED) is 0.775. The van der Waals surface area contributed by atoms with E-state index in [1.165, 1.54) is 12.8 Å². The van der Waals surface area contributed by atoms with E-state index in [9.17, 15) is 4.79 Å². The van der Waals surface area contributed by atoms with Crippen molar-refractivity contribution in [1.82, 2.24) is 10.3 Å². The molecule has 1 aromatic heterocycles. The van der Waals surface area contributed by atoms with Gasteiger partial charge in [0, 0.05) is 32.3 Å². The van der Waals surface area contributed by atoms with Crippen molar-refractivity contribution in [3.05, 3.63) is 47.7 Å². The van der Waals surface area contributed by atoms with Crippen LogP contribution in [-0.4, -0.2) is 38.2 Å². The molecule has 1 N–H and O–H groups in total. The molecule has 6 heteroatoms. The SMILES string of the molecule is COc1ccc(CCC(=O)NCc2ccnc(N3CCCC3)c2)cc1OC. The lowest BCUT2D eigenvalue weighted by Gasteiger charge is -2.17. The van der Waals surface area contributed by atoms with Crippen molar-refractivity contribution in [2.75, 3.05) is 32.2 Å². The fourth-order valence-corrected chi connectivity index (χ4v) is 3.27. The van der Waals surface area contributed by atoms with Gasteiger partial charge in [0.2, 0.25) is 5.91 Å². The van der Waals surface area contributed by atoms with E-state index in [4.69, 9.17) is 9.47 Å². The van der Waals surface area contributed by atoms with Gasteiger partial charge in [0.15, 0.2) is 11.5 Å². The number of methoxy groups -OCH3 is 2. The number of rotatable bonds is 8. The average Bonchev–Trinajstić information content (AvgIpc) is 3.25. The van der Waals surface area contributed by atoms with E-state index in [1.54, 1.807) is 14.2 Å². The zero-order valence-corrected chi connectivity index (χ0v) is 16.0. The van der Waals surface area contributed by atoms with Crippen LogP contribution in [-0.2, 0) is 17.8 Å². The highest BCUT2D eigenvalue weighted by Crippen LogP contribution is 2.28. The minimum absolute atomic E-state index is 0.0318. The molecule has 0 aliphatic carbocycles. The highest BCUT2D eigenvalue weighted by Gasteiger charge is 2.13. The van der Waals surface area contributed by atoms with Crippen molar-refractivity contribution in [2.45, 2.75) is 32.2 Å². The first-order valence-corrected chi connectivity index (χ1v) is 9.37. The molecule has 1 aliphatic heterocycles. The molecule has 0 bridgehead atoms. The molecule has 0 spiro atoms. The maximum Gasteiger partial charge on any atom is 0.220 e. The highest BCUT2D eigenvalue weighted by atomic mass is 16.5. The van der Waals surface area contributed by atoms with Crippen LogP contribution in [0.3, 0.4) is 0 Å². The second-order valence-corrected chi connectivity index (χ2v) is 6.68. The maximum atomic E-state index is 12.2.